The van der Waals surface area contributed by atoms with Crippen LogP contribution in [-0.2, 0) is 25.7 Å². The van der Waals surface area contributed by atoms with Crippen LogP contribution in [-0.4, -0.2) is 33.6 Å². The molecule has 3 atom stereocenters. The molecule has 8 nitrogen and oxygen atoms in total. The maximum atomic E-state index is 12.5. The Morgan fingerprint density at radius 3 is 2.48 bits per heavy atom. The molecule has 2 heterocycles. The number of thiophene rings is 1. The van der Waals surface area contributed by atoms with E-state index in [9.17, 15) is 24.5 Å². The molecule has 1 aromatic rings. The average Bonchev–Trinajstić information content (AvgIpc) is 3.17. The molecule has 0 N–H and O–H groups in total. The first-order valence-electron chi connectivity index (χ1n) is 8.15. The van der Waals surface area contributed by atoms with Gasteiger partial charge >= 0.3 is 11.0 Å². The van der Waals surface area contributed by atoms with Crippen LogP contribution in [0.5, 0.6) is 0 Å². The van der Waals surface area contributed by atoms with Gasteiger partial charge in [-0.15, -0.1) is 0 Å². The number of hydrogen-bond acceptors (Lipinski definition) is 7. The fraction of sp³-hybridized carbons (Fsp3) is 0.562. The summed E-state index contributed by atoms with van der Waals surface area (Å²) in [6.07, 6.45) is 3.21. The number of imide groups is 1. The summed E-state index contributed by atoms with van der Waals surface area (Å²) in [5.74, 6) is -1.88. The molecule has 25 heavy (non-hydrogen) atoms. The van der Waals surface area contributed by atoms with Crippen molar-refractivity contribution in [3.05, 3.63) is 27.1 Å². The van der Waals surface area contributed by atoms with Gasteiger partial charge in [0.05, 0.1) is 16.8 Å². The summed E-state index contributed by atoms with van der Waals surface area (Å²) in [6.45, 7) is 1.35. The number of carbonyl (C=O) groups is 3. The Balaban J connectivity index is 1.62. The van der Waals surface area contributed by atoms with Crippen molar-refractivity contribution in [3.8, 4) is 0 Å². The van der Waals surface area contributed by atoms with Crippen molar-refractivity contribution >= 4 is 34.1 Å². The maximum absolute atomic E-state index is 12.5. The zero-order chi connectivity index (χ0) is 18.1. The van der Waals surface area contributed by atoms with Gasteiger partial charge in [0.25, 0.3) is 0 Å². The number of likely N-dealkylation sites (tertiary alicyclic amines) is 1. The van der Waals surface area contributed by atoms with E-state index in [2.05, 4.69) is 0 Å². The van der Waals surface area contributed by atoms with Gasteiger partial charge in [0.2, 0.25) is 11.8 Å². The van der Waals surface area contributed by atoms with E-state index >= 15 is 0 Å². The fourth-order valence-electron chi connectivity index (χ4n) is 3.48. The van der Waals surface area contributed by atoms with Crippen molar-refractivity contribution in [2.45, 2.75) is 45.3 Å². The summed E-state index contributed by atoms with van der Waals surface area (Å²) >= 11 is 0.948. The second kappa shape index (κ2) is 6.91. The fourth-order valence-corrected chi connectivity index (χ4v) is 4.20. The number of hydrogen-bond donors (Lipinski definition) is 0. The average molecular weight is 366 g/mol. The first-order valence-corrected chi connectivity index (χ1v) is 9.03. The molecular formula is C16H18N2O6S. The summed E-state index contributed by atoms with van der Waals surface area (Å²) in [4.78, 5) is 48.4. The molecule has 2 amide bonds. The van der Waals surface area contributed by atoms with Gasteiger partial charge in [-0.3, -0.25) is 24.6 Å². The van der Waals surface area contributed by atoms with Crippen molar-refractivity contribution < 1.29 is 24.0 Å². The lowest BCUT2D eigenvalue weighted by atomic mass is 9.81. The molecule has 3 rings (SSSR count). The number of ether oxygens (including phenoxy) is 1. The molecular weight excluding hydrogens is 348 g/mol. The standard InChI is InChI=1S/C16H18N2O6S/c1-9(16(21)24-7-10-6-13(18(22)23)25-8-10)17-14(19)11-4-2-3-5-12(11)15(17)20/h6,8-9,11-12H,2-5,7H2,1H3/t9-,11?,12?/m0/s1. The van der Waals surface area contributed by atoms with E-state index < -0.39 is 16.9 Å². The second-order valence-corrected chi connectivity index (χ2v) is 7.27. The molecule has 0 spiro atoms. The van der Waals surface area contributed by atoms with Gasteiger partial charge < -0.3 is 4.74 Å². The molecule has 0 bridgehead atoms. The number of nitrogens with zero attached hydrogens (tertiary/aromatic N) is 2. The normalized spacial score (nSPS) is 24.1. The van der Waals surface area contributed by atoms with Gasteiger partial charge in [-0.25, -0.2) is 4.79 Å². The van der Waals surface area contributed by atoms with Crippen molar-refractivity contribution in [2.75, 3.05) is 0 Å². The first-order chi connectivity index (χ1) is 11.9. The number of rotatable bonds is 5. The number of carbonyl (C=O) groups excluding carboxylic acids is 3. The van der Waals surface area contributed by atoms with Crippen LogP contribution in [0.2, 0.25) is 0 Å². The van der Waals surface area contributed by atoms with Crippen LogP contribution in [0.4, 0.5) is 5.00 Å². The van der Waals surface area contributed by atoms with E-state index in [-0.39, 0.29) is 35.3 Å². The van der Waals surface area contributed by atoms with Crippen LogP contribution in [0.3, 0.4) is 0 Å². The summed E-state index contributed by atoms with van der Waals surface area (Å²) in [5, 5.41) is 12.2. The number of nitro groups is 1. The van der Waals surface area contributed by atoms with E-state index in [4.69, 9.17) is 4.74 Å². The highest BCUT2D eigenvalue weighted by molar-refractivity contribution is 7.13. The van der Waals surface area contributed by atoms with Crippen molar-refractivity contribution in [2.24, 2.45) is 11.8 Å². The Bertz CT molecular complexity index is 706. The van der Waals surface area contributed by atoms with Gasteiger partial charge in [-0.2, -0.15) is 0 Å². The molecule has 1 aliphatic heterocycles. The first kappa shape index (κ1) is 17.5. The predicted molar refractivity (Wildman–Crippen MR) is 87.5 cm³/mol. The van der Waals surface area contributed by atoms with Gasteiger partial charge in [-0.1, -0.05) is 24.2 Å². The third-order valence-corrected chi connectivity index (χ3v) is 5.73. The summed E-state index contributed by atoms with van der Waals surface area (Å²) in [5.41, 5.74) is 0.505. The van der Waals surface area contributed by atoms with Crippen molar-refractivity contribution in [1.29, 1.82) is 0 Å². The molecule has 1 saturated heterocycles. The van der Waals surface area contributed by atoms with Crippen molar-refractivity contribution in [3.63, 3.8) is 0 Å². The molecule has 2 unspecified atom stereocenters. The molecule has 1 aliphatic carbocycles. The highest BCUT2D eigenvalue weighted by Gasteiger charge is 2.51. The molecule has 2 fully saturated rings. The highest BCUT2D eigenvalue weighted by Crippen LogP contribution is 2.39. The molecule has 0 aromatic carbocycles. The van der Waals surface area contributed by atoms with E-state index in [0.717, 1.165) is 29.1 Å². The predicted octanol–water partition coefficient (Wildman–Crippen LogP) is 2.26. The molecule has 1 saturated carbocycles. The zero-order valence-corrected chi connectivity index (χ0v) is 14.5. The highest BCUT2D eigenvalue weighted by atomic mass is 32.1. The third-order valence-electron chi connectivity index (χ3n) is 4.80. The topological polar surface area (TPSA) is 107 Å². The number of fused-ring (bicyclic) bond motifs is 1. The van der Waals surface area contributed by atoms with Gasteiger partial charge in [0.15, 0.2) is 0 Å². The van der Waals surface area contributed by atoms with E-state index in [1.54, 1.807) is 0 Å². The van der Waals surface area contributed by atoms with Crippen LogP contribution in [0, 0.1) is 22.0 Å². The Morgan fingerprint density at radius 2 is 1.96 bits per heavy atom. The Labute approximate surface area is 147 Å². The van der Waals surface area contributed by atoms with Crippen molar-refractivity contribution in [1.82, 2.24) is 4.90 Å². The minimum Gasteiger partial charge on any atom is -0.459 e. The van der Waals surface area contributed by atoms with Gasteiger partial charge in [0, 0.05) is 17.0 Å². The van der Waals surface area contributed by atoms with Crippen LogP contribution in [0.25, 0.3) is 0 Å². The Morgan fingerprint density at radius 1 is 1.36 bits per heavy atom. The minimum atomic E-state index is -0.987. The van der Waals surface area contributed by atoms with E-state index in [1.807, 2.05) is 0 Å². The largest absolute Gasteiger partial charge is 0.459 e. The zero-order valence-electron chi connectivity index (χ0n) is 13.7. The van der Waals surface area contributed by atoms with Crippen LogP contribution < -0.4 is 0 Å². The number of esters is 1. The SMILES string of the molecule is C[C@@H](C(=O)OCc1csc([N+](=O)[O-])c1)N1C(=O)C2CCCCC2C1=O. The molecule has 134 valence electrons. The Hall–Kier alpha value is -2.29. The summed E-state index contributed by atoms with van der Waals surface area (Å²) in [7, 11) is 0. The van der Waals surface area contributed by atoms with Crippen LogP contribution in [0.1, 0.15) is 38.2 Å². The van der Waals surface area contributed by atoms with Gasteiger partial charge in [0.1, 0.15) is 12.6 Å². The lowest BCUT2D eigenvalue weighted by Crippen LogP contribution is -2.44. The third kappa shape index (κ3) is 3.28. The molecule has 9 heteroatoms. The molecule has 2 aliphatic rings. The quantitative estimate of drug-likeness (QED) is 0.342. The molecule has 0 radical (unpaired) electrons. The van der Waals surface area contributed by atoms with E-state index in [1.165, 1.54) is 18.4 Å². The van der Waals surface area contributed by atoms with Crippen LogP contribution >= 0.6 is 11.3 Å². The van der Waals surface area contributed by atoms with E-state index in [0.29, 0.717) is 18.4 Å². The minimum absolute atomic E-state index is 0.0342. The smallest absolute Gasteiger partial charge is 0.329 e. The second-order valence-electron chi connectivity index (χ2n) is 6.38. The number of amides is 2. The monoisotopic (exact) mass is 366 g/mol. The van der Waals surface area contributed by atoms with Gasteiger partial charge in [-0.05, 0) is 19.8 Å². The lowest BCUT2D eigenvalue weighted by molar-refractivity contribution is -0.380. The summed E-state index contributed by atoms with van der Waals surface area (Å²) in [6, 6.07) is 0.350. The molecule has 1 aromatic heterocycles. The summed E-state index contributed by atoms with van der Waals surface area (Å²) < 4.78 is 5.14. The maximum Gasteiger partial charge on any atom is 0.329 e. The lowest BCUT2D eigenvalue weighted by Gasteiger charge is -2.21. The Kier molecular flexibility index (Phi) is 4.85. The van der Waals surface area contributed by atoms with Crippen LogP contribution in [0.15, 0.2) is 11.4 Å².